The first kappa shape index (κ1) is 15.8. The lowest BCUT2D eigenvalue weighted by atomic mass is 9.96. The minimum absolute atomic E-state index is 0.0341. The van der Waals surface area contributed by atoms with Crippen molar-refractivity contribution in [1.82, 2.24) is 4.90 Å². The normalized spacial score (nSPS) is 28.4. The number of carbonyl (C=O) groups excluding carboxylic acids is 1. The summed E-state index contributed by atoms with van der Waals surface area (Å²) in [7, 11) is 0. The summed E-state index contributed by atoms with van der Waals surface area (Å²) in [5.74, 6) is 1.65. The van der Waals surface area contributed by atoms with Gasteiger partial charge in [0.15, 0.2) is 5.76 Å². The third kappa shape index (κ3) is 4.02. The lowest BCUT2D eigenvalue weighted by Crippen LogP contribution is -2.35. The fraction of sp³-hybridized carbons (Fsp3) is 0.824. The molecule has 0 spiro atoms. The molecular weight excluding hydrogens is 282 g/mol. The average molecular weight is 309 g/mol. The van der Waals surface area contributed by atoms with Crippen LogP contribution in [0.15, 0.2) is 11.8 Å². The topological polar surface area (TPSA) is 59.0 Å². The van der Waals surface area contributed by atoms with Crippen LogP contribution in [-0.2, 0) is 14.3 Å². The van der Waals surface area contributed by atoms with E-state index < -0.39 is 0 Å². The van der Waals surface area contributed by atoms with Gasteiger partial charge in [-0.1, -0.05) is 0 Å². The number of carbonyl (C=O) groups is 1. The van der Waals surface area contributed by atoms with Gasteiger partial charge in [0, 0.05) is 26.1 Å². The van der Waals surface area contributed by atoms with Gasteiger partial charge in [-0.05, 0) is 56.4 Å². The lowest BCUT2D eigenvalue weighted by molar-refractivity contribution is -0.155. The maximum absolute atomic E-state index is 12.6. The van der Waals surface area contributed by atoms with Crippen molar-refractivity contribution in [2.75, 3.05) is 26.3 Å². The van der Waals surface area contributed by atoms with Crippen LogP contribution in [-0.4, -0.2) is 48.5 Å². The van der Waals surface area contributed by atoms with Crippen molar-refractivity contribution in [2.24, 2.45) is 11.8 Å². The molecule has 5 nitrogen and oxygen atoms in total. The number of amides is 1. The predicted octanol–water partition coefficient (Wildman–Crippen LogP) is 2.05. The molecule has 1 saturated heterocycles. The molecule has 2 aliphatic heterocycles. The van der Waals surface area contributed by atoms with Crippen LogP contribution in [0, 0.1) is 11.8 Å². The molecule has 3 rings (SSSR count). The molecule has 1 aliphatic carbocycles. The Morgan fingerprint density at radius 1 is 1.32 bits per heavy atom. The summed E-state index contributed by atoms with van der Waals surface area (Å²) >= 11 is 0. The second kappa shape index (κ2) is 7.47. The number of aliphatic hydroxyl groups excluding tert-OH is 1. The maximum Gasteiger partial charge on any atom is 0.288 e. The highest BCUT2D eigenvalue weighted by molar-refractivity contribution is 5.91. The molecule has 5 heteroatoms. The van der Waals surface area contributed by atoms with Crippen molar-refractivity contribution < 1.29 is 19.4 Å². The van der Waals surface area contributed by atoms with Gasteiger partial charge in [0.1, 0.15) is 0 Å². The number of likely N-dealkylation sites (tertiary alicyclic amines) is 1. The minimum atomic E-state index is -0.309. The predicted molar refractivity (Wildman–Crippen MR) is 81.9 cm³/mol. The van der Waals surface area contributed by atoms with E-state index in [9.17, 15) is 4.79 Å². The van der Waals surface area contributed by atoms with E-state index in [-0.39, 0.29) is 18.8 Å². The summed E-state index contributed by atoms with van der Waals surface area (Å²) in [5.41, 5.74) is 0. The van der Waals surface area contributed by atoms with E-state index in [1.54, 1.807) is 0 Å². The Morgan fingerprint density at radius 2 is 2.09 bits per heavy atom. The fourth-order valence-corrected chi connectivity index (χ4v) is 3.30. The molecule has 0 aromatic carbocycles. The van der Waals surface area contributed by atoms with Crippen LogP contribution in [0.4, 0.5) is 0 Å². The van der Waals surface area contributed by atoms with Gasteiger partial charge < -0.3 is 19.5 Å². The Kier molecular flexibility index (Phi) is 5.37. The molecule has 0 aromatic rings. The third-order valence-corrected chi connectivity index (χ3v) is 4.78. The minimum Gasteiger partial charge on any atom is -0.459 e. The van der Waals surface area contributed by atoms with E-state index in [2.05, 4.69) is 0 Å². The van der Waals surface area contributed by atoms with Crippen LogP contribution in [0.2, 0.25) is 0 Å². The molecule has 0 bridgehead atoms. The maximum atomic E-state index is 12.6. The zero-order valence-corrected chi connectivity index (χ0v) is 13.2. The number of rotatable bonds is 7. The molecule has 124 valence electrons. The Hall–Kier alpha value is -1.07. The van der Waals surface area contributed by atoms with Gasteiger partial charge in [0.25, 0.3) is 5.91 Å². The molecule has 1 N–H and O–H groups in total. The van der Waals surface area contributed by atoms with Crippen LogP contribution < -0.4 is 0 Å². The van der Waals surface area contributed by atoms with Crippen molar-refractivity contribution in [3.63, 3.8) is 0 Å². The number of hydrogen-bond acceptors (Lipinski definition) is 4. The van der Waals surface area contributed by atoms with Gasteiger partial charge in [0.05, 0.1) is 6.61 Å². The van der Waals surface area contributed by atoms with Crippen LogP contribution in [0.1, 0.15) is 44.9 Å². The highest BCUT2D eigenvalue weighted by atomic mass is 16.7. The number of nitrogens with zero attached hydrogens (tertiary/aromatic N) is 1. The van der Waals surface area contributed by atoms with Crippen molar-refractivity contribution in [1.29, 1.82) is 0 Å². The number of unbranched alkanes of at least 4 members (excludes halogenated alkanes) is 1. The molecule has 2 fully saturated rings. The van der Waals surface area contributed by atoms with Gasteiger partial charge in [-0.2, -0.15) is 0 Å². The van der Waals surface area contributed by atoms with Crippen molar-refractivity contribution in [2.45, 2.75) is 51.2 Å². The summed E-state index contributed by atoms with van der Waals surface area (Å²) < 4.78 is 11.6. The molecule has 0 radical (unpaired) electrons. The fourth-order valence-electron chi connectivity index (χ4n) is 3.30. The zero-order valence-electron chi connectivity index (χ0n) is 13.2. The van der Waals surface area contributed by atoms with Gasteiger partial charge in [-0.25, -0.2) is 0 Å². The standard InChI is InChI=1S/C17H27NO4/c19-9-3-4-10-21-16-12-14(13-5-6-13)11-15(22-16)17(20)18-7-1-2-8-18/h11,13-14,16,19H,1-10,12H2/t14-,16+/m0/s1. The number of allylic oxidation sites excluding steroid dienone is 1. The molecule has 1 saturated carbocycles. The average Bonchev–Trinajstić information content (AvgIpc) is 3.25. The zero-order chi connectivity index (χ0) is 15.4. The number of ether oxygens (including phenoxy) is 2. The second-order valence-corrected chi connectivity index (χ2v) is 6.62. The second-order valence-electron chi connectivity index (χ2n) is 6.62. The highest BCUT2D eigenvalue weighted by Crippen LogP contribution is 2.43. The molecular formula is C17H27NO4. The Labute approximate surface area is 132 Å². The van der Waals surface area contributed by atoms with E-state index >= 15 is 0 Å². The van der Waals surface area contributed by atoms with Gasteiger partial charge in [-0.15, -0.1) is 0 Å². The molecule has 0 aromatic heterocycles. The SMILES string of the molecule is O=C(C1=C[C@H](C2CC2)C[C@H](OCCCCO)O1)N1CCCC1. The Balaban J connectivity index is 1.58. The van der Waals surface area contributed by atoms with E-state index in [4.69, 9.17) is 14.6 Å². The number of hydrogen-bond donors (Lipinski definition) is 1. The molecule has 3 aliphatic rings. The van der Waals surface area contributed by atoms with Gasteiger partial charge >= 0.3 is 0 Å². The Bertz CT molecular complexity index is 413. The van der Waals surface area contributed by atoms with Crippen molar-refractivity contribution in [3.8, 4) is 0 Å². The molecule has 2 heterocycles. The smallest absolute Gasteiger partial charge is 0.288 e. The highest BCUT2D eigenvalue weighted by Gasteiger charge is 2.38. The third-order valence-electron chi connectivity index (χ3n) is 4.78. The van der Waals surface area contributed by atoms with Crippen LogP contribution in [0.5, 0.6) is 0 Å². The Morgan fingerprint density at radius 3 is 2.77 bits per heavy atom. The van der Waals surface area contributed by atoms with Gasteiger partial charge in [-0.3, -0.25) is 4.79 Å². The summed E-state index contributed by atoms with van der Waals surface area (Å²) in [5, 5.41) is 8.82. The lowest BCUT2D eigenvalue weighted by Gasteiger charge is -2.30. The first-order valence-electron chi connectivity index (χ1n) is 8.68. The van der Waals surface area contributed by atoms with Crippen LogP contribution >= 0.6 is 0 Å². The summed E-state index contributed by atoms with van der Waals surface area (Å²) in [6.07, 6.45) is 8.84. The van der Waals surface area contributed by atoms with E-state index in [0.29, 0.717) is 24.2 Å². The van der Waals surface area contributed by atoms with E-state index in [0.717, 1.165) is 45.2 Å². The molecule has 2 atom stereocenters. The summed E-state index contributed by atoms with van der Waals surface area (Å²) in [6.45, 7) is 2.46. The van der Waals surface area contributed by atoms with Crippen molar-refractivity contribution in [3.05, 3.63) is 11.8 Å². The molecule has 22 heavy (non-hydrogen) atoms. The molecule has 0 unspecified atom stereocenters. The first-order chi connectivity index (χ1) is 10.8. The van der Waals surface area contributed by atoms with Crippen molar-refractivity contribution >= 4 is 5.91 Å². The summed E-state index contributed by atoms with van der Waals surface area (Å²) in [6, 6.07) is 0. The van der Waals surface area contributed by atoms with E-state index in [1.165, 1.54) is 12.8 Å². The monoisotopic (exact) mass is 309 g/mol. The molecule has 1 amide bonds. The first-order valence-corrected chi connectivity index (χ1v) is 8.68. The number of aliphatic hydroxyl groups is 1. The van der Waals surface area contributed by atoms with Crippen LogP contribution in [0.3, 0.4) is 0 Å². The summed E-state index contributed by atoms with van der Waals surface area (Å²) in [4.78, 5) is 14.4. The van der Waals surface area contributed by atoms with E-state index in [1.807, 2.05) is 11.0 Å². The largest absolute Gasteiger partial charge is 0.459 e. The quantitative estimate of drug-likeness (QED) is 0.731. The van der Waals surface area contributed by atoms with Gasteiger partial charge in [0.2, 0.25) is 6.29 Å². The van der Waals surface area contributed by atoms with Crippen LogP contribution in [0.25, 0.3) is 0 Å².